The zero-order chi connectivity index (χ0) is 14.4. The number of thiazole rings is 1. The molecule has 19 heavy (non-hydrogen) atoms. The van der Waals surface area contributed by atoms with E-state index in [-0.39, 0.29) is 23.2 Å². The van der Waals surface area contributed by atoms with Crippen molar-refractivity contribution in [2.75, 3.05) is 0 Å². The highest BCUT2D eigenvalue weighted by atomic mass is 32.1. The predicted octanol–water partition coefficient (Wildman–Crippen LogP) is 2.84. The van der Waals surface area contributed by atoms with Crippen molar-refractivity contribution in [2.24, 2.45) is 0 Å². The van der Waals surface area contributed by atoms with E-state index in [2.05, 4.69) is 24.1 Å². The Morgan fingerprint density at radius 1 is 1.37 bits per heavy atom. The van der Waals surface area contributed by atoms with Crippen molar-refractivity contribution < 1.29 is 9.53 Å². The van der Waals surface area contributed by atoms with E-state index in [4.69, 9.17) is 4.74 Å². The third-order valence-electron chi connectivity index (χ3n) is 3.49. The summed E-state index contributed by atoms with van der Waals surface area (Å²) in [4.78, 5) is 17.3. The van der Waals surface area contributed by atoms with Crippen molar-refractivity contribution in [1.82, 2.24) is 10.3 Å². The maximum atomic E-state index is 12.3. The van der Waals surface area contributed by atoms with Crippen LogP contribution in [0.1, 0.15) is 54.5 Å². The summed E-state index contributed by atoms with van der Waals surface area (Å²) in [5.41, 5.74) is 0.267. The summed E-state index contributed by atoms with van der Waals surface area (Å²) in [6, 6.07) is 0.0248. The van der Waals surface area contributed by atoms with Gasteiger partial charge in [-0.15, -0.1) is 11.3 Å². The number of aromatic nitrogens is 1. The van der Waals surface area contributed by atoms with Gasteiger partial charge in [0.1, 0.15) is 4.88 Å². The first kappa shape index (κ1) is 14.5. The summed E-state index contributed by atoms with van der Waals surface area (Å²) >= 11 is 1.44. The van der Waals surface area contributed by atoms with Crippen molar-refractivity contribution >= 4 is 17.2 Å². The van der Waals surface area contributed by atoms with Crippen LogP contribution in [0.4, 0.5) is 0 Å². The number of carbonyl (C=O) groups is 1. The SMILES string of the molecule is Cc1nc(C)c(C(=O)N[C@H]2CC(C)(C)OC2(C)C)s1. The molecule has 4 nitrogen and oxygen atoms in total. The predicted molar refractivity (Wildman–Crippen MR) is 76.7 cm³/mol. The lowest BCUT2D eigenvalue weighted by Gasteiger charge is -2.27. The molecule has 106 valence electrons. The maximum Gasteiger partial charge on any atom is 0.263 e. The second kappa shape index (κ2) is 4.56. The highest BCUT2D eigenvalue weighted by molar-refractivity contribution is 7.13. The first-order valence-corrected chi connectivity index (χ1v) is 7.37. The average molecular weight is 282 g/mol. The summed E-state index contributed by atoms with van der Waals surface area (Å²) in [5.74, 6) is -0.0394. The minimum Gasteiger partial charge on any atom is -0.367 e. The van der Waals surface area contributed by atoms with E-state index in [9.17, 15) is 4.79 Å². The van der Waals surface area contributed by atoms with E-state index in [0.29, 0.717) is 4.88 Å². The van der Waals surface area contributed by atoms with Gasteiger partial charge in [0.15, 0.2) is 0 Å². The van der Waals surface area contributed by atoms with Gasteiger partial charge in [-0.1, -0.05) is 0 Å². The Kier molecular flexibility index (Phi) is 3.47. The van der Waals surface area contributed by atoms with Crippen LogP contribution in [0, 0.1) is 13.8 Å². The lowest BCUT2D eigenvalue weighted by atomic mass is 9.94. The summed E-state index contributed by atoms with van der Waals surface area (Å²) in [6.45, 7) is 12.0. The van der Waals surface area contributed by atoms with E-state index in [1.165, 1.54) is 11.3 Å². The zero-order valence-corrected chi connectivity index (χ0v) is 13.3. The third kappa shape index (κ3) is 2.98. The Bertz CT molecular complexity index is 506. The molecule has 1 saturated heterocycles. The van der Waals surface area contributed by atoms with Crippen molar-refractivity contribution in [3.05, 3.63) is 15.6 Å². The van der Waals surface area contributed by atoms with Crippen LogP contribution in [0.5, 0.6) is 0 Å². The summed E-state index contributed by atoms with van der Waals surface area (Å²) < 4.78 is 5.99. The van der Waals surface area contributed by atoms with Gasteiger partial charge in [0.05, 0.1) is 27.9 Å². The van der Waals surface area contributed by atoms with Crippen molar-refractivity contribution in [1.29, 1.82) is 0 Å². The molecule has 1 fully saturated rings. The lowest BCUT2D eigenvalue weighted by Crippen LogP contribution is -2.46. The Labute approximate surface area is 118 Å². The normalized spacial score (nSPS) is 24.4. The van der Waals surface area contributed by atoms with Gasteiger partial charge in [-0.2, -0.15) is 0 Å². The quantitative estimate of drug-likeness (QED) is 0.907. The molecule has 1 N–H and O–H groups in total. The molecule has 0 radical (unpaired) electrons. The molecule has 0 bridgehead atoms. The van der Waals surface area contributed by atoms with Gasteiger partial charge in [-0.05, 0) is 48.0 Å². The van der Waals surface area contributed by atoms with Crippen LogP contribution in [0.2, 0.25) is 0 Å². The van der Waals surface area contributed by atoms with E-state index < -0.39 is 0 Å². The molecule has 2 rings (SSSR count). The van der Waals surface area contributed by atoms with Gasteiger partial charge < -0.3 is 10.1 Å². The zero-order valence-electron chi connectivity index (χ0n) is 12.5. The minimum absolute atomic E-state index is 0.0248. The van der Waals surface area contributed by atoms with Gasteiger partial charge in [0.2, 0.25) is 0 Å². The number of aryl methyl sites for hydroxylation is 2. The fourth-order valence-corrected chi connectivity index (χ4v) is 3.58. The molecule has 1 aromatic rings. The lowest BCUT2D eigenvalue weighted by molar-refractivity contribution is -0.0693. The van der Waals surface area contributed by atoms with Gasteiger partial charge in [0, 0.05) is 0 Å². The molecule has 0 saturated carbocycles. The molecular weight excluding hydrogens is 260 g/mol. The summed E-state index contributed by atoms with van der Waals surface area (Å²) in [5, 5.41) is 4.02. The van der Waals surface area contributed by atoms with Gasteiger partial charge >= 0.3 is 0 Å². The van der Waals surface area contributed by atoms with Crippen LogP contribution in [-0.2, 0) is 4.74 Å². The molecule has 1 amide bonds. The first-order chi connectivity index (χ1) is 8.61. The largest absolute Gasteiger partial charge is 0.367 e. The van der Waals surface area contributed by atoms with E-state index in [1.54, 1.807) is 0 Å². The monoisotopic (exact) mass is 282 g/mol. The van der Waals surface area contributed by atoms with Crippen molar-refractivity contribution in [2.45, 2.75) is 65.2 Å². The van der Waals surface area contributed by atoms with Crippen molar-refractivity contribution in [3.8, 4) is 0 Å². The van der Waals surface area contributed by atoms with Gasteiger partial charge in [0.25, 0.3) is 5.91 Å². The molecule has 2 heterocycles. The Balaban J connectivity index is 2.14. The van der Waals surface area contributed by atoms with Crippen LogP contribution >= 0.6 is 11.3 Å². The molecule has 0 aliphatic carbocycles. The highest BCUT2D eigenvalue weighted by Crippen LogP contribution is 2.37. The van der Waals surface area contributed by atoms with E-state index >= 15 is 0 Å². The van der Waals surface area contributed by atoms with Crippen LogP contribution in [0.3, 0.4) is 0 Å². The summed E-state index contributed by atoms with van der Waals surface area (Å²) in [6.07, 6.45) is 0.822. The third-order valence-corrected chi connectivity index (χ3v) is 4.56. The van der Waals surface area contributed by atoms with Gasteiger partial charge in [-0.3, -0.25) is 4.79 Å². The van der Waals surface area contributed by atoms with Crippen LogP contribution in [0.25, 0.3) is 0 Å². The molecule has 0 aromatic carbocycles. The number of nitrogens with zero attached hydrogens (tertiary/aromatic N) is 1. The highest BCUT2D eigenvalue weighted by Gasteiger charge is 2.46. The first-order valence-electron chi connectivity index (χ1n) is 6.56. The topological polar surface area (TPSA) is 51.2 Å². The molecule has 1 aliphatic rings. The fourth-order valence-electron chi connectivity index (χ4n) is 2.75. The van der Waals surface area contributed by atoms with E-state index in [1.807, 2.05) is 27.7 Å². The fraction of sp³-hybridized carbons (Fsp3) is 0.714. The molecule has 5 heteroatoms. The average Bonchev–Trinajstić information content (AvgIpc) is 2.63. The number of nitrogens with one attached hydrogen (secondary N) is 1. The number of hydrogen-bond acceptors (Lipinski definition) is 4. The van der Waals surface area contributed by atoms with Crippen LogP contribution in [0.15, 0.2) is 0 Å². The second-order valence-electron chi connectivity index (χ2n) is 6.34. The van der Waals surface area contributed by atoms with Crippen LogP contribution < -0.4 is 5.32 Å². The smallest absolute Gasteiger partial charge is 0.263 e. The molecular formula is C14H22N2O2S. The van der Waals surface area contributed by atoms with E-state index in [0.717, 1.165) is 17.1 Å². The molecule has 0 spiro atoms. The maximum absolute atomic E-state index is 12.3. The Morgan fingerprint density at radius 2 is 2.00 bits per heavy atom. The molecule has 1 atom stereocenters. The molecule has 1 aliphatic heterocycles. The summed E-state index contributed by atoms with van der Waals surface area (Å²) in [7, 11) is 0. The van der Waals surface area contributed by atoms with Crippen LogP contribution in [-0.4, -0.2) is 28.1 Å². The number of rotatable bonds is 2. The van der Waals surface area contributed by atoms with Crippen molar-refractivity contribution in [3.63, 3.8) is 0 Å². The Hall–Kier alpha value is -0.940. The number of amides is 1. The minimum atomic E-state index is -0.340. The number of ether oxygens (including phenoxy) is 1. The van der Waals surface area contributed by atoms with Gasteiger partial charge in [-0.25, -0.2) is 4.98 Å². The second-order valence-corrected chi connectivity index (χ2v) is 7.55. The number of carbonyl (C=O) groups excluding carboxylic acids is 1. The molecule has 0 unspecified atom stereocenters. The Morgan fingerprint density at radius 3 is 2.42 bits per heavy atom. The molecule has 1 aromatic heterocycles. The standard InChI is InChI=1S/C14H22N2O2S/c1-8-11(19-9(2)15-8)12(17)16-10-7-13(3,4)18-14(10,5)6/h10H,7H2,1-6H3,(H,16,17)/t10-/m0/s1. The number of hydrogen-bond donors (Lipinski definition) is 1.